The summed E-state index contributed by atoms with van der Waals surface area (Å²) in [5, 5.41) is 8.23. The molecule has 4 rings (SSSR count). The maximum atomic E-state index is 13.2. The van der Waals surface area contributed by atoms with Gasteiger partial charge in [0.05, 0.1) is 26.2 Å². The number of sulfonamides is 1. The highest BCUT2D eigenvalue weighted by Crippen LogP contribution is 2.37. The van der Waals surface area contributed by atoms with Crippen molar-refractivity contribution in [1.82, 2.24) is 14.8 Å². The summed E-state index contributed by atoms with van der Waals surface area (Å²) >= 11 is 0. The number of benzene rings is 2. The lowest BCUT2D eigenvalue weighted by Gasteiger charge is -2.18. The molecule has 0 aliphatic rings. The van der Waals surface area contributed by atoms with Crippen molar-refractivity contribution in [3.63, 3.8) is 0 Å². The van der Waals surface area contributed by atoms with Crippen LogP contribution in [0.4, 0.5) is 10.3 Å². The van der Waals surface area contributed by atoms with Gasteiger partial charge in [-0.2, -0.15) is 0 Å². The zero-order valence-corrected chi connectivity index (χ0v) is 19.5. The molecular weight excluding hydrogens is 463 g/mol. The fraction of sp³-hybridized carbons (Fsp3) is 0.217. The van der Waals surface area contributed by atoms with Crippen LogP contribution in [0.1, 0.15) is 18.4 Å². The average molecular weight is 487 g/mol. The molecule has 11 heteroatoms. The first-order valence-electron chi connectivity index (χ1n) is 10.3. The number of nitrogens with one attached hydrogen (secondary N) is 1. The van der Waals surface area contributed by atoms with Gasteiger partial charge in [-0.3, -0.25) is 9.29 Å². The predicted molar refractivity (Wildman–Crippen MR) is 124 cm³/mol. The van der Waals surface area contributed by atoms with Crippen LogP contribution in [-0.2, 0) is 10.0 Å². The highest BCUT2D eigenvalue weighted by Gasteiger charge is 2.27. The smallest absolute Gasteiger partial charge is 0.243 e. The van der Waals surface area contributed by atoms with Gasteiger partial charge in [-0.15, -0.1) is 10.2 Å². The van der Waals surface area contributed by atoms with Crippen molar-refractivity contribution in [2.75, 3.05) is 24.7 Å². The second-order valence-electron chi connectivity index (χ2n) is 7.51. The summed E-state index contributed by atoms with van der Waals surface area (Å²) in [6.45, 7) is 1.74. The molecule has 2 heterocycles. The van der Waals surface area contributed by atoms with Crippen molar-refractivity contribution < 1.29 is 26.7 Å². The number of para-hydroxylation sites is 1. The van der Waals surface area contributed by atoms with Crippen LogP contribution in [0.3, 0.4) is 0 Å². The molecule has 9 nitrogen and oxygen atoms in total. The molecule has 4 aromatic rings. The van der Waals surface area contributed by atoms with Gasteiger partial charge in [0.1, 0.15) is 23.0 Å². The molecular formula is C23H23FN4O5S. The van der Waals surface area contributed by atoms with Gasteiger partial charge in [0.15, 0.2) is 5.76 Å². The zero-order chi connectivity index (χ0) is 24.3. The SMILES string of the molecule is COc1cccc(OC)c1-n1c(NS(=O)(=O)C[C@H](C)c2ccc(F)cc2)nnc1-c1ccco1. The van der Waals surface area contributed by atoms with E-state index in [2.05, 4.69) is 14.9 Å². The molecule has 2 aromatic carbocycles. The van der Waals surface area contributed by atoms with Gasteiger partial charge >= 0.3 is 0 Å². The largest absolute Gasteiger partial charge is 0.494 e. The van der Waals surface area contributed by atoms with Gasteiger partial charge in [0.2, 0.25) is 21.8 Å². The number of nitrogens with zero attached hydrogens (tertiary/aromatic N) is 3. The van der Waals surface area contributed by atoms with Crippen LogP contribution in [-0.4, -0.2) is 43.2 Å². The number of ether oxygens (including phenoxy) is 2. The Morgan fingerprint density at radius 1 is 1.03 bits per heavy atom. The number of halogens is 1. The van der Waals surface area contributed by atoms with E-state index in [0.717, 1.165) is 0 Å². The third-order valence-corrected chi connectivity index (χ3v) is 6.62. The molecule has 0 spiro atoms. The molecule has 1 N–H and O–H groups in total. The van der Waals surface area contributed by atoms with Crippen LogP contribution in [0, 0.1) is 5.82 Å². The average Bonchev–Trinajstić information content (AvgIpc) is 3.48. The summed E-state index contributed by atoms with van der Waals surface area (Å²) < 4.78 is 59.9. The predicted octanol–water partition coefficient (Wildman–Crippen LogP) is 4.23. The van der Waals surface area contributed by atoms with E-state index in [4.69, 9.17) is 13.9 Å². The standard InChI is InChI=1S/C23H23FN4O5S/c1-15(16-9-11-17(24)12-10-16)14-34(29,30)27-23-26-25-22(20-8-5-13-33-20)28(23)21-18(31-2)6-4-7-19(21)32-3/h4-13,15H,14H2,1-3H3,(H,26,27)/t15-/m0/s1. The Bertz CT molecular complexity index is 1350. The quantitative estimate of drug-likeness (QED) is 0.377. The van der Waals surface area contributed by atoms with E-state index in [-0.39, 0.29) is 23.3 Å². The Morgan fingerprint density at radius 3 is 2.29 bits per heavy atom. The summed E-state index contributed by atoms with van der Waals surface area (Å²) in [4.78, 5) is 0. The van der Waals surface area contributed by atoms with Gasteiger partial charge in [-0.05, 0) is 47.9 Å². The van der Waals surface area contributed by atoms with E-state index in [1.165, 1.54) is 37.2 Å². The van der Waals surface area contributed by atoms with Crippen molar-refractivity contribution in [3.05, 3.63) is 72.2 Å². The molecule has 178 valence electrons. The Kier molecular flexibility index (Phi) is 6.55. The minimum Gasteiger partial charge on any atom is -0.494 e. The third-order valence-electron chi connectivity index (χ3n) is 5.19. The molecule has 0 unspecified atom stereocenters. The molecule has 0 amide bonds. The van der Waals surface area contributed by atoms with Crippen LogP contribution in [0.15, 0.2) is 65.3 Å². The van der Waals surface area contributed by atoms with E-state index >= 15 is 0 Å². The van der Waals surface area contributed by atoms with Crippen LogP contribution in [0.2, 0.25) is 0 Å². The highest BCUT2D eigenvalue weighted by atomic mass is 32.2. The molecule has 0 saturated carbocycles. The molecule has 0 bridgehead atoms. The molecule has 34 heavy (non-hydrogen) atoms. The van der Waals surface area contributed by atoms with Crippen LogP contribution >= 0.6 is 0 Å². The fourth-order valence-corrected chi connectivity index (χ4v) is 4.92. The summed E-state index contributed by atoms with van der Waals surface area (Å²) in [6.07, 6.45) is 1.47. The fourth-order valence-electron chi connectivity index (χ4n) is 3.58. The minimum absolute atomic E-state index is 0.0690. The first-order chi connectivity index (χ1) is 16.3. The maximum absolute atomic E-state index is 13.2. The van der Waals surface area contributed by atoms with E-state index in [0.29, 0.717) is 28.5 Å². The number of furan rings is 1. The van der Waals surface area contributed by atoms with Gasteiger partial charge < -0.3 is 13.9 Å². The van der Waals surface area contributed by atoms with Gasteiger partial charge in [0, 0.05) is 0 Å². The lowest BCUT2D eigenvalue weighted by atomic mass is 10.0. The number of rotatable bonds is 9. The summed E-state index contributed by atoms with van der Waals surface area (Å²) in [6, 6.07) is 14.2. The molecule has 0 fully saturated rings. The second kappa shape index (κ2) is 9.56. The topological polar surface area (TPSA) is 108 Å². The summed E-state index contributed by atoms with van der Waals surface area (Å²) in [5.74, 6) is 0.313. The summed E-state index contributed by atoms with van der Waals surface area (Å²) in [7, 11) is -0.918. The molecule has 0 radical (unpaired) electrons. The lowest BCUT2D eigenvalue weighted by Crippen LogP contribution is -2.22. The number of aromatic nitrogens is 3. The first-order valence-corrected chi connectivity index (χ1v) is 11.9. The van der Waals surface area contributed by atoms with Crippen LogP contribution in [0.25, 0.3) is 17.3 Å². The zero-order valence-electron chi connectivity index (χ0n) is 18.7. The highest BCUT2D eigenvalue weighted by molar-refractivity contribution is 7.92. The molecule has 0 aliphatic carbocycles. The maximum Gasteiger partial charge on any atom is 0.243 e. The Labute approximate surface area is 196 Å². The van der Waals surface area contributed by atoms with E-state index in [9.17, 15) is 12.8 Å². The van der Waals surface area contributed by atoms with Crippen molar-refractivity contribution in [1.29, 1.82) is 0 Å². The van der Waals surface area contributed by atoms with Gasteiger partial charge in [-0.25, -0.2) is 12.8 Å². The summed E-state index contributed by atoms with van der Waals surface area (Å²) in [5.41, 5.74) is 1.09. The normalized spacial score (nSPS) is 12.4. The van der Waals surface area contributed by atoms with E-state index < -0.39 is 15.9 Å². The number of hydrogen-bond donors (Lipinski definition) is 1. The van der Waals surface area contributed by atoms with Crippen molar-refractivity contribution in [2.45, 2.75) is 12.8 Å². The second-order valence-corrected chi connectivity index (χ2v) is 9.27. The first kappa shape index (κ1) is 23.3. The third kappa shape index (κ3) is 4.74. The number of hydrogen-bond acceptors (Lipinski definition) is 7. The van der Waals surface area contributed by atoms with Crippen molar-refractivity contribution in [3.8, 4) is 28.8 Å². The molecule has 1 atom stereocenters. The van der Waals surface area contributed by atoms with E-state index in [1.54, 1.807) is 49.4 Å². The van der Waals surface area contributed by atoms with Crippen molar-refractivity contribution >= 4 is 16.0 Å². The minimum atomic E-state index is -3.90. The monoisotopic (exact) mass is 486 g/mol. The Hall–Kier alpha value is -3.86. The number of methoxy groups -OCH3 is 2. The van der Waals surface area contributed by atoms with Crippen LogP contribution < -0.4 is 14.2 Å². The van der Waals surface area contributed by atoms with Crippen LogP contribution in [0.5, 0.6) is 11.5 Å². The molecule has 0 saturated heterocycles. The lowest BCUT2D eigenvalue weighted by molar-refractivity contribution is 0.391. The van der Waals surface area contributed by atoms with Crippen molar-refractivity contribution in [2.24, 2.45) is 0 Å². The Balaban J connectivity index is 1.76. The molecule has 2 aromatic heterocycles. The van der Waals surface area contributed by atoms with Gasteiger partial charge in [0.25, 0.3) is 0 Å². The van der Waals surface area contributed by atoms with E-state index in [1.807, 2.05) is 0 Å². The van der Waals surface area contributed by atoms with Gasteiger partial charge in [-0.1, -0.05) is 25.1 Å². The number of anilines is 1. The molecule has 0 aliphatic heterocycles. The Morgan fingerprint density at radius 2 is 1.71 bits per heavy atom.